The molecule has 2 nitrogen and oxygen atoms in total. The van der Waals surface area contributed by atoms with E-state index in [1.807, 2.05) is 30.3 Å². The lowest BCUT2D eigenvalue weighted by Gasteiger charge is -2.59. The van der Waals surface area contributed by atoms with E-state index < -0.39 is 8.56 Å². The Labute approximate surface area is 115 Å². The molecule has 0 saturated heterocycles. The quantitative estimate of drug-likeness (QED) is 0.812. The summed E-state index contributed by atoms with van der Waals surface area (Å²) >= 11 is 0. The van der Waals surface area contributed by atoms with E-state index in [4.69, 9.17) is 0 Å². The van der Waals surface area contributed by atoms with E-state index in [1.165, 1.54) is 19.3 Å². The van der Waals surface area contributed by atoms with Gasteiger partial charge in [-0.05, 0) is 61.5 Å². The summed E-state index contributed by atoms with van der Waals surface area (Å²) in [5, 5.41) is 0.667. The van der Waals surface area contributed by atoms with Gasteiger partial charge in [0.15, 0.2) is 0 Å². The van der Waals surface area contributed by atoms with Gasteiger partial charge in [0.25, 0.3) is 0 Å². The smallest absolute Gasteiger partial charge is 0.373 e. The lowest BCUT2D eigenvalue weighted by atomic mass is 9.56. The molecule has 1 aromatic rings. The van der Waals surface area contributed by atoms with Gasteiger partial charge in [0.2, 0.25) is 0 Å². The molecule has 4 fully saturated rings. The zero-order valence-electron chi connectivity index (χ0n) is 11.3. The highest BCUT2D eigenvalue weighted by atomic mass is 28.4. The van der Waals surface area contributed by atoms with Crippen LogP contribution in [0.2, 0.25) is 5.04 Å². The van der Waals surface area contributed by atoms with E-state index in [9.17, 15) is 9.59 Å². The Morgan fingerprint density at radius 2 is 1.32 bits per heavy atom. The standard InChI is InChI=1S/C16H22O2Si/c17-19(18,15-4-2-1-3-5-15)16-9-12-6-13(10-16)8-14(7-12)11-16/h1-5,12-14,17-18H,6-11H2. The third-order valence-electron chi connectivity index (χ3n) is 5.95. The van der Waals surface area contributed by atoms with Gasteiger partial charge in [-0.2, -0.15) is 0 Å². The highest BCUT2D eigenvalue weighted by Gasteiger charge is 2.62. The lowest BCUT2D eigenvalue weighted by Crippen LogP contribution is -2.64. The summed E-state index contributed by atoms with van der Waals surface area (Å²) in [5.74, 6) is 2.29. The molecular weight excluding hydrogens is 252 g/mol. The van der Waals surface area contributed by atoms with E-state index in [0.717, 1.165) is 42.2 Å². The van der Waals surface area contributed by atoms with E-state index >= 15 is 0 Å². The van der Waals surface area contributed by atoms with E-state index in [2.05, 4.69) is 0 Å². The van der Waals surface area contributed by atoms with E-state index in [0.29, 0.717) is 0 Å². The van der Waals surface area contributed by atoms with Crippen molar-refractivity contribution in [3.05, 3.63) is 30.3 Å². The van der Waals surface area contributed by atoms with Gasteiger partial charge in [0, 0.05) is 5.04 Å². The zero-order valence-corrected chi connectivity index (χ0v) is 12.3. The van der Waals surface area contributed by atoms with Crippen LogP contribution in [0.3, 0.4) is 0 Å². The van der Waals surface area contributed by atoms with E-state index in [1.54, 1.807) is 0 Å². The summed E-state index contributed by atoms with van der Waals surface area (Å²) in [6, 6.07) is 9.66. The maximum Gasteiger partial charge on any atom is 0.373 e. The third-order valence-corrected chi connectivity index (χ3v) is 9.18. The molecule has 4 aliphatic carbocycles. The summed E-state index contributed by atoms with van der Waals surface area (Å²) < 4.78 is 0. The van der Waals surface area contributed by atoms with Crippen LogP contribution in [0.5, 0.6) is 0 Å². The normalized spacial score (nSPS) is 40.6. The maximum atomic E-state index is 11.0. The van der Waals surface area contributed by atoms with E-state index in [-0.39, 0.29) is 5.04 Å². The number of hydrogen-bond acceptors (Lipinski definition) is 2. The van der Waals surface area contributed by atoms with Crippen molar-refractivity contribution in [1.82, 2.24) is 0 Å². The molecule has 0 atom stereocenters. The van der Waals surface area contributed by atoms with Crippen molar-refractivity contribution in [2.75, 3.05) is 0 Å². The Kier molecular flexibility index (Phi) is 2.51. The topological polar surface area (TPSA) is 40.5 Å². The summed E-state index contributed by atoms with van der Waals surface area (Å²) in [4.78, 5) is 22.1. The Morgan fingerprint density at radius 1 is 0.842 bits per heavy atom. The monoisotopic (exact) mass is 274 g/mol. The van der Waals surface area contributed by atoms with Gasteiger partial charge in [0.05, 0.1) is 0 Å². The van der Waals surface area contributed by atoms with Crippen LogP contribution >= 0.6 is 0 Å². The maximum absolute atomic E-state index is 11.0. The fourth-order valence-corrected chi connectivity index (χ4v) is 8.50. The Hall–Kier alpha value is -0.643. The molecule has 4 bridgehead atoms. The van der Waals surface area contributed by atoms with Gasteiger partial charge in [-0.1, -0.05) is 30.3 Å². The molecule has 102 valence electrons. The summed E-state index contributed by atoms with van der Waals surface area (Å²) in [5.41, 5.74) is 0. The van der Waals surface area contributed by atoms with Gasteiger partial charge in [0.1, 0.15) is 0 Å². The lowest BCUT2D eigenvalue weighted by molar-refractivity contribution is 0.0103. The average Bonchev–Trinajstić information content (AvgIpc) is 2.38. The predicted molar refractivity (Wildman–Crippen MR) is 77.1 cm³/mol. The molecule has 0 aromatic heterocycles. The van der Waals surface area contributed by atoms with Crippen LogP contribution in [0.15, 0.2) is 30.3 Å². The molecule has 0 unspecified atom stereocenters. The zero-order chi connectivity index (χ0) is 13.1. The first-order valence-corrected chi connectivity index (χ1v) is 9.49. The molecule has 19 heavy (non-hydrogen) atoms. The predicted octanol–water partition coefficient (Wildman–Crippen LogP) is 2.29. The van der Waals surface area contributed by atoms with Gasteiger partial charge in [-0.15, -0.1) is 0 Å². The van der Waals surface area contributed by atoms with Crippen molar-refractivity contribution in [1.29, 1.82) is 0 Å². The summed E-state index contributed by atoms with van der Waals surface area (Å²) in [6.45, 7) is 0. The van der Waals surface area contributed by atoms with Crippen LogP contribution in [-0.4, -0.2) is 18.2 Å². The highest BCUT2D eigenvalue weighted by molar-refractivity contribution is 6.81. The molecule has 0 radical (unpaired) electrons. The first-order chi connectivity index (χ1) is 9.09. The van der Waals surface area contributed by atoms with Crippen LogP contribution in [0.4, 0.5) is 0 Å². The third kappa shape index (κ3) is 1.68. The van der Waals surface area contributed by atoms with Gasteiger partial charge in [-0.25, -0.2) is 0 Å². The second-order valence-corrected chi connectivity index (χ2v) is 10.2. The number of rotatable bonds is 2. The number of hydrogen-bond donors (Lipinski definition) is 2. The first kappa shape index (κ1) is 12.1. The Balaban J connectivity index is 1.75. The molecule has 0 heterocycles. The fraction of sp³-hybridized carbons (Fsp3) is 0.625. The summed E-state index contributed by atoms with van der Waals surface area (Å²) in [7, 11) is -3.33. The van der Waals surface area contributed by atoms with Crippen LogP contribution in [0.1, 0.15) is 38.5 Å². The van der Waals surface area contributed by atoms with Crippen molar-refractivity contribution >= 4 is 13.7 Å². The van der Waals surface area contributed by atoms with Crippen LogP contribution < -0.4 is 5.19 Å². The van der Waals surface area contributed by atoms with Crippen LogP contribution in [0.25, 0.3) is 0 Å². The van der Waals surface area contributed by atoms with Gasteiger partial charge in [-0.3, -0.25) is 0 Å². The minimum atomic E-state index is -3.33. The van der Waals surface area contributed by atoms with Crippen molar-refractivity contribution in [3.8, 4) is 0 Å². The van der Waals surface area contributed by atoms with Crippen LogP contribution in [0, 0.1) is 17.8 Å². The molecule has 0 aliphatic heterocycles. The second-order valence-electron chi connectivity index (χ2n) is 7.24. The van der Waals surface area contributed by atoms with Crippen LogP contribution in [-0.2, 0) is 0 Å². The molecule has 1 aromatic carbocycles. The minimum Gasteiger partial charge on any atom is -0.407 e. The van der Waals surface area contributed by atoms with Crippen molar-refractivity contribution in [3.63, 3.8) is 0 Å². The van der Waals surface area contributed by atoms with Gasteiger partial charge >= 0.3 is 8.56 Å². The SMILES string of the molecule is O[Si](O)(c1ccccc1)C12CC3CC(CC(C3)C1)C2. The Bertz CT molecular complexity index is 447. The van der Waals surface area contributed by atoms with Crippen molar-refractivity contribution < 1.29 is 9.59 Å². The fourth-order valence-electron chi connectivity index (χ4n) is 5.51. The van der Waals surface area contributed by atoms with Crippen molar-refractivity contribution in [2.45, 2.75) is 43.6 Å². The molecule has 2 N–H and O–H groups in total. The highest BCUT2D eigenvalue weighted by Crippen LogP contribution is 2.66. The second kappa shape index (κ2) is 3.93. The molecule has 5 rings (SSSR count). The average molecular weight is 274 g/mol. The van der Waals surface area contributed by atoms with Crippen molar-refractivity contribution in [2.24, 2.45) is 17.8 Å². The molecule has 4 saturated carbocycles. The molecular formula is C16H22O2Si. The summed E-state index contributed by atoms with van der Waals surface area (Å²) in [6.07, 6.45) is 7.23. The molecule has 3 heteroatoms. The minimum absolute atomic E-state index is 0.150. The molecule has 0 amide bonds. The largest absolute Gasteiger partial charge is 0.407 e. The Morgan fingerprint density at radius 3 is 1.79 bits per heavy atom. The molecule has 0 spiro atoms. The molecule has 4 aliphatic rings. The van der Waals surface area contributed by atoms with Gasteiger partial charge < -0.3 is 9.59 Å². The number of benzene rings is 1. The first-order valence-electron chi connectivity index (χ1n) is 7.59.